The van der Waals surface area contributed by atoms with Gasteiger partial charge in [0.2, 0.25) is 6.86 Å². The van der Waals surface area contributed by atoms with Gasteiger partial charge in [-0.2, -0.15) is 0 Å². The fourth-order valence-corrected chi connectivity index (χ4v) is 1.89. The molecule has 1 rings (SSSR count). The van der Waals surface area contributed by atoms with Crippen molar-refractivity contribution in [3.63, 3.8) is 0 Å². The smallest absolute Gasteiger partial charge is 0.320 e. The Kier molecular flexibility index (Phi) is 6.61. The number of carboxylic acids is 2. The summed E-state index contributed by atoms with van der Waals surface area (Å²) < 4.78 is 16.6. The molecule has 0 aliphatic rings. The van der Waals surface area contributed by atoms with Gasteiger partial charge in [-0.25, -0.2) is 4.39 Å². The van der Waals surface area contributed by atoms with Crippen molar-refractivity contribution in [3.8, 4) is 5.75 Å². The van der Waals surface area contributed by atoms with Crippen LogP contribution in [0, 0.1) is 5.92 Å². The Bertz CT molecular complexity index is 477. The SMILES string of the molecule is N[C@@H](CC[C@@H](Cc1ccc(OC[18F])cc1)C(=O)O)C(=O)O. The zero-order valence-electron chi connectivity index (χ0n) is 11.4. The summed E-state index contributed by atoms with van der Waals surface area (Å²) in [5, 5.41) is 17.8. The fourth-order valence-electron chi connectivity index (χ4n) is 1.89. The number of halogens is 1. The van der Waals surface area contributed by atoms with E-state index in [1.807, 2.05) is 0 Å². The molecule has 0 fully saturated rings. The molecule has 0 aliphatic carbocycles. The van der Waals surface area contributed by atoms with Crippen molar-refractivity contribution in [2.24, 2.45) is 11.7 Å². The molecule has 0 unspecified atom stereocenters. The van der Waals surface area contributed by atoms with E-state index in [1.54, 1.807) is 24.3 Å². The highest BCUT2D eigenvalue weighted by Crippen LogP contribution is 2.18. The molecule has 21 heavy (non-hydrogen) atoms. The topological polar surface area (TPSA) is 110 Å². The van der Waals surface area contributed by atoms with Crippen LogP contribution in [0.25, 0.3) is 0 Å². The molecule has 4 N–H and O–H groups in total. The molecule has 0 spiro atoms. The molecule has 0 saturated carbocycles. The maximum Gasteiger partial charge on any atom is 0.320 e. The third-order valence-corrected chi connectivity index (χ3v) is 3.12. The maximum atomic E-state index is 12.0. The first-order valence-corrected chi connectivity index (χ1v) is 6.43. The molecular formula is C14H18FNO5. The van der Waals surface area contributed by atoms with E-state index in [2.05, 4.69) is 4.74 Å². The molecule has 0 aromatic heterocycles. The van der Waals surface area contributed by atoms with Crippen LogP contribution in [0.1, 0.15) is 18.4 Å². The van der Waals surface area contributed by atoms with Gasteiger partial charge in [0.15, 0.2) is 0 Å². The fraction of sp³-hybridized carbons (Fsp3) is 0.429. The Morgan fingerprint density at radius 3 is 2.24 bits per heavy atom. The van der Waals surface area contributed by atoms with Gasteiger partial charge < -0.3 is 20.7 Å². The molecule has 2 atom stereocenters. The highest BCUT2D eigenvalue weighted by atomic mass is 18.2. The Hall–Kier alpha value is -2.15. The van der Waals surface area contributed by atoms with E-state index in [-0.39, 0.29) is 19.3 Å². The largest absolute Gasteiger partial charge is 0.481 e. The summed E-state index contributed by atoms with van der Waals surface area (Å²) in [6.07, 6.45) is 0.512. The molecule has 116 valence electrons. The monoisotopic (exact) mass is 298 g/mol. The van der Waals surface area contributed by atoms with Crippen LogP contribution in [0.4, 0.5) is 4.39 Å². The first kappa shape index (κ1) is 16.9. The average Bonchev–Trinajstić information content (AvgIpc) is 2.44. The lowest BCUT2D eigenvalue weighted by atomic mass is 9.93. The van der Waals surface area contributed by atoms with Gasteiger partial charge in [-0.15, -0.1) is 0 Å². The highest BCUT2D eigenvalue weighted by molar-refractivity contribution is 5.73. The van der Waals surface area contributed by atoms with E-state index in [0.717, 1.165) is 5.56 Å². The summed E-state index contributed by atoms with van der Waals surface area (Å²) in [5.74, 6) is -2.51. The van der Waals surface area contributed by atoms with Gasteiger partial charge >= 0.3 is 11.9 Å². The number of ether oxygens (including phenoxy) is 1. The third-order valence-electron chi connectivity index (χ3n) is 3.12. The number of carboxylic acid groups (broad SMARTS) is 2. The predicted octanol–water partition coefficient (Wildman–Crippen LogP) is 1.43. The van der Waals surface area contributed by atoms with E-state index in [9.17, 15) is 14.0 Å². The van der Waals surface area contributed by atoms with Crippen molar-refractivity contribution in [1.29, 1.82) is 0 Å². The second-order valence-electron chi connectivity index (χ2n) is 4.66. The number of benzene rings is 1. The third kappa shape index (κ3) is 5.78. The molecule has 0 saturated heterocycles. The number of hydrogen-bond acceptors (Lipinski definition) is 4. The zero-order chi connectivity index (χ0) is 15.8. The lowest BCUT2D eigenvalue weighted by Crippen LogP contribution is -2.31. The second-order valence-corrected chi connectivity index (χ2v) is 4.66. The molecule has 0 aliphatic heterocycles. The molecular weight excluding hydrogens is 280 g/mol. The van der Waals surface area contributed by atoms with Crippen LogP contribution in [0.2, 0.25) is 0 Å². The van der Waals surface area contributed by atoms with Crippen LogP contribution in [-0.4, -0.2) is 35.1 Å². The van der Waals surface area contributed by atoms with E-state index in [0.29, 0.717) is 5.75 Å². The van der Waals surface area contributed by atoms with E-state index in [4.69, 9.17) is 15.9 Å². The van der Waals surface area contributed by atoms with Crippen LogP contribution in [-0.2, 0) is 16.0 Å². The second kappa shape index (κ2) is 8.21. The summed E-state index contributed by atoms with van der Waals surface area (Å²) in [6, 6.07) is 5.34. The molecule has 0 bridgehead atoms. The van der Waals surface area contributed by atoms with Crippen LogP contribution in [0.3, 0.4) is 0 Å². The summed E-state index contributed by atoms with van der Waals surface area (Å²) in [6.45, 7) is -0.926. The van der Waals surface area contributed by atoms with Crippen LogP contribution in [0.15, 0.2) is 24.3 Å². The van der Waals surface area contributed by atoms with Crippen LogP contribution >= 0.6 is 0 Å². The lowest BCUT2D eigenvalue weighted by molar-refractivity contribution is -0.143. The van der Waals surface area contributed by atoms with Crippen molar-refractivity contribution in [2.75, 3.05) is 6.86 Å². The quantitative estimate of drug-likeness (QED) is 0.636. The Morgan fingerprint density at radius 2 is 1.76 bits per heavy atom. The Balaban J connectivity index is 2.61. The number of rotatable bonds is 9. The van der Waals surface area contributed by atoms with Gasteiger partial charge in [0.1, 0.15) is 11.8 Å². The van der Waals surface area contributed by atoms with Crippen LogP contribution < -0.4 is 10.5 Å². The maximum absolute atomic E-state index is 12.0. The summed E-state index contributed by atoms with van der Waals surface area (Å²) >= 11 is 0. The normalized spacial score (nSPS) is 13.4. The van der Waals surface area contributed by atoms with Crippen molar-refractivity contribution >= 4 is 11.9 Å². The van der Waals surface area contributed by atoms with Crippen molar-refractivity contribution in [3.05, 3.63) is 29.8 Å². The van der Waals surface area contributed by atoms with Crippen molar-refractivity contribution in [2.45, 2.75) is 25.3 Å². The molecule has 6 nitrogen and oxygen atoms in total. The average molecular weight is 298 g/mol. The van der Waals surface area contributed by atoms with Crippen molar-refractivity contribution < 1.29 is 28.9 Å². The van der Waals surface area contributed by atoms with Crippen molar-refractivity contribution in [1.82, 2.24) is 0 Å². The number of nitrogens with two attached hydrogens (primary N) is 1. The predicted molar refractivity (Wildman–Crippen MR) is 72.7 cm³/mol. The lowest BCUT2D eigenvalue weighted by Gasteiger charge is -2.14. The van der Waals surface area contributed by atoms with E-state index >= 15 is 0 Å². The van der Waals surface area contributed by atoms with Gasteiger partial charge in [-0.05, 0) is 37.0 Å². The summed E-state index contributed by atoms with van der Waals surface area (Å²) in [5.41, 5.74) is 6.11. The van der Waals surface area contributed by atoms with Gasteiger partial charge in [-0.1, -0.05) is 12.1 Å². The van der Waals surface area contributed by atoms with Gasteiger partial charge in [-0.3, -0.25) is 9.59 Å². The van der Waals surface area contributed by atoms with Gasteiger partial charge in [0.25, 0.3) is 0 Å². The summed E-state index contributed by atoms with van der Waals surface area (Å²) in [7, 11) is 0. The standard InChI is InChI=1S/C14H18FNO5/c15-8-21-11-4-1-9(2-5-11)7-10(13(17)18)3-6-12(16)14(19)20/h1-2,4-5,10,12H,3,6-8,16H2,(H,17,18)(H,19,20)/t10-,12-/m0/s1/i15-1. The van der Waals surface area contributed by atoms with Gasteiger partial charge in [0, 0.05) is 0 Å². The zero-order valence-corrected chi connectivity index (χ0v) is 11.4. The molecule has 1 aromatic rings. The minimum atomic E-state index is -1.15. The van der Waals surface area contributed by atoms with Gasteiger partial charge in [0.05, 0.1) is 5.92 Å². The molecule has 0 heterocycles. The Labute approximate surface area is 121 Å². The highest BCUT2D eigenvalue weighted by Gasteiger charge is 2.21. The number of hydrogen-bond donors (Lipinski definition) is 3. The number of carbonyl (C=O) groups is 2. The first-order valence-electron chi connectivity index (χ1n) is 6.43. The Morgan fingerprint density at radius 1 is 1.14 bits per heavy atom. The molecule has 1 aromatic carbocycles. The van der Waals surface area contributed by atoms with E-state index < -0.39 is 30.8 Å². The van der Waals surface area contributed by atoms with Crippen LogP contribution in [0.5, 0.6) is 5.75 Å². The first-order chi connectivity index (χ1) is 9.93. The minimum Gasteiger partial charge on any atom is -0.481 e. The summed E-state index contributed by atoms with van der Waals surface area (Å²) in [4.78, 5) is 21.8. The minimum absolute atomic E-state index is 0.0926. The molecule has 7 heteroatoms. The van der Waals surface area contributed by atoms with E-state index in [1.165, 1.54) is 0 Å². The molecule has 0 amide bonds. The number of alkyl halides is 1. The molecule has 0 radical (unpaired) electrons. The number of aliphatic carboxylic acids is 2.